The van der Waals surface area contributed by atoms with Crippen molar-refractivity contribution in [2.45, 2.75) is 20.3 Å². The van der Waals surface area contributed by atoms with E-state index in [2.05, 4.69) is 39.4 Å². The van der Waals surface area contributed by atoms with Crippen LogP contribution >= 0.6 is 23.2 Å². The first kappa shape index (κ1) is 28.8. The van der Waals surface area contributed by atoms with Gasteiger partial charge in [0, 0.05) is 17.3 Å². The molecule has 190 valence electrons. The van der Waals surface area contributed by atoms with Crippen LogP contribution in [0.4, 0.5) is 5.82 Å². The number of hydrogen-bond donors (Lipinski definition) is 1. The van der Waals surface area contributed by atoms with E-state index in [1.165, 1.54) is 11.9 Å². The lowest BCUT2D eigenvalue weighted by molar-refractivity contribution is 0.317. The zero-order valence-electron chi connectivity index (χ0n) is 19.6. The molecule has 12 heteroatoms. The van der Waals surface area contributed by atoms with Gasteiger partial charge in [-0.3, -0.25) is 0 Å². The number of halogens is 2. The highest BCUT2D eigenvalue weighted by Gasteiger charge is 2.07. The van der Waals surface area contributed by atoms with Crippen LogP contribution in [0.15, 0.2) is 73.2 Å². The zero-order chi connectivity index (χ0) is 26.3. The van der Waals surface area contributed by atoms with Gasteiger partial charge < -0.3 is 10.1 Å². The van der Waals surface area contributed by atoms with Crippen LogP contribution in [0.5, 0.6) is 5.88 Å². The van der Waals surface area contributed by atoms with E-state index in [1.807, 2.05) is 61.7 Å². The minimum Gasteiger partial charge on any atom is -0.475 e. The molecule has 0 aliphatic carbocycles. The number of nitrogens with zero attached hydrogens (tertiary/aromatic N) is 4. The monoisotopic (exact) mass is 549 g/mol. The fourth-order valence-corrected chi connectivity index (χ4v) is 3.18. The van der Waals surface area contributed by atoms with Gasteiger partial charge >= 0.3 is 10.6 Å². The third-order valence-electron chi connectivity index (χ3n) is 4.44. The van der Waals surface area contributed by atoms with E-state index in [9.17, 15) is 0 Å². The Morgan fingerprint density at radius 1 is 0.972 bits per heavy atom. The van der Waals surface area contributed by atoms with Gasteiger partial charge in [0.25, 0.3) is 0 Å². The van der Waals surface area contributed by atoms with Crippen LogP contribution in [-0.2, 0) is 17.0 Å². The van der Waals surface area contributed by atoms with Crippen molar-refractivity contribution >= 4 is 39.6 Å². The molecule has 0 aliphatic heterocycles. The average Bonchev–Trinajstić information content (AvgIpc) is 3.33. The van der Waals surface area contributed by atoms with Crippen molar-refractivity contribution in [2.75, 3.05) is 18.5 Å². The van der Waals surface area contributed by atoms with Crippen LogP contribution in [0.2, 0.25) is 10.0 Å². The lowest BCUT2D eigenvalue weighted by Crippen LogP contribution is -2.13. The van der Waals surface area contributed by atoms with Crippen LogP contribution in [-0.4, -0.2) is 45.5 Å². The Hall–Kier alpha value is -3.47. The summed E-state index contributed by atoms with van der Waals surface area (Å²) in [6.07, 6.45) is 4.09. The Kier molecular flexibility index (Phi) is 12.4. The molecular formula is C24H25Cl2N5O4S. The summed E-state index contributed by atoms with van der Waals surface area (Å²) in [4.78, 5) is 8.28. The molecule has 0 radical (unpaired) electrons. The second-order valence-corrected chi connectivity index (χ2v) is 8.27. The van der Waals surface area contributed by atoms with Gasteiger partial charge in [-0.25, -0.2) is 14.6 Å². The normalized spacial score (nSPS) is 9.78. The molecule has 2 aromatic heterocycles. The van der Waals surface area contributed by atoms with E-state index in [0.717, 1.165) is 17.8 Å². The van der Waals surface area contributed by atoms with Crippen molar-refractivity contribution in [1.82, 2.24) is 19.7 Å². The van der Waals surface area contributed by atoms with Gasteiger partial charge in [-0.2, -0.15) is 0 Å². The Balaban J connectivity index is 0.000000344. The molecule has 4 aromatic rings. The molecule has 9 nitrogen and oxygen atoms in total. The number of anilines is 1. The molecule has 0 atom stereocenters. The van der Waals surface area contributed by atoms with Crippen LogP contribution in [0.25, 0.3) is 5.69 Å². The third kappa shape index (κ3) is 10.4. The van der Waals surface area contributed by atoms with Gasteiger partial charge in [-0.1, -0.05) is 66.0 Å². The van der Waals surface area contributed by atoms with Crippen molar-refractivity contribution < 1.29 is 17.4 Å². The summed E-state index contributed by atoms with van der Waals surface area (Å²) < 4.78 is 32.7. The zero-order valence-corrected chi connectivity index (χ0v) is 22.0. The number of aromatic nitrogens is 4. The highest BCUT2D eigenvalue weighted by Crippen LogP contribution is 2.21. The van der Waals surface area contributed by atoms with Crippen LogP contribution in [0.1, 0.15) is 18.2 Å². The molecule has 2 heterocycles. The SMILES string of the molecule is CCc1ncnc(NCCOc2ccn(-c3ccc(Cl)cc3)n2)c1Cl.Cc1ccccc1.O=S(=O)=O. The minimum atomic E-state index is -3.11. The summed E-state index contributed by atoms with van der Waals surface area (Å²) in [5, 5.41) is 8.76. The summed E-state index contributed by atoms with van der Waals surface area (Å²) in [7, 11) is -3.11. The maximum atomic E-state index is 8.44. The fourth-order valence-electron chi connectivity index (χ4n) is 2.76. The molecule has 0 aliphatic rings. The van der Waals surface area contributed by atoms with Gasteiger partial charge in [-0.15, -0.1) is 17.7 Å². The number of aryl methyl sites for hydroxylation is 2. The first-order valence-corrected chi connectivity index (χ1v) is 12.5. The molecule has 1 N–H and O–H groups in total. The Morgan fingerprint density at radius 3 is 2.22 bits per heavy atom. The second kappa shape index (κ2) is 15.5. The molecule has 4 rings (SSSR count). The van der Waals surface area contributed by atoms with Gasteiger partial charge in [-0.05, 0) is 37.6 Å². The highest BCUT2D eigenvalue weighted by atomic mass is 35.5. The maximum Gasteiger partial charge on any atom is 0.425 e. The van der Waals surface area contributed by atoms with E-state index < -0.39 is 10.6 Å². The predicted octanol–water partition coefficient (Wildman–Crippen LogP) is 5.01. The van der Waals surface area contributed by atoms with Crippen molar-refractivity contribution in [2.24, 2.45) is 0 Å². The van der Waals surface area contributed by atoms with Crippen molar-refractivity contribution in [3.05, 3.63) is 94.5 Å². The standard InChI is InChI=1S/C17H17Cl2N5O.C7H8.O3S/c1-2-14-16(19)17(22-11-21-14)20-8-10-25-15-7-9-24(23-15)13-5-3-12(18)4-6-13;1-7-5-3-2-4-6-7;1-4(2)3/h3-7,9,11H,2,8,10H2,1H3,(H,20,21,22);2-6H,1H3;. The number of nitrogens with one attached hydrogen (secondary N) is 1. The summed E-state index contributed by atoms with van der Waals surface area (Å²) in [6.45, 7) is 5.06. The van der Waals surface area contributed by atoms with E-state index in [0.29, 0.717) is 34.9 Å². The van der Waals surface area contributed by atoms with E-state index in [4.69, 9.17) is 40.6 Å². The van der Waals surface area contributed by atoms with Crippen molar-refractivity contribution in [1.29, 1.82) is 0 Å². The molecule has 0 saturated carbocycles. The van der Waals surface area contributed by atoms with Crippen LogP contribution in [0, 0.1) is 6.92 Å². The maximum absolute atomic E-state index is 8.44. The second-order valence-electron chi connectivity index (χ2n) is 7.05. The Morgan fingerprint density at radius 2 is 1.64 bits per heavy atom. The molecule has 0 bridgehead atoms. The average molecular weight is 550 g/mol. The molecule has 0 unspecified atom stereocenters. The van der Waals surface area contributed by atoms with Crippen LogP contribution in [0.3, 0.4) is 0 Å². The fraction of sp³-hybridized carbons (Fsp3) is 0.208. The summed E-state index contributed by atoms with van der Waals surface area (Å²) >= 11 is 12.1. The molecule has 0 spiro atoms. The van der Waals surface area contributed by atoms with E-state index >= 15 is 0 Å². The Labute approximate surface area is 221 Å². The quantitative estimate of drug-likeness (QED) is 0.319. The minimum absolute atomic E-state index is 0.430. The van der Waals surface area contributed by atoms with Crippen LogP contribution < -0.4 is 10.1 Å². The molecule has 0 saturated heterocycles. The molecule has 36 heavy (non-hydrogen) atoms. The van der Waals surface area contributed by atoms with Gasteiger partial charge in [0.05, 0.1) is 17.9 Å². The van der Waals surface area contributed by atoms with Gasteiger partial charge in [0.2, 0.25) is 5.88 Å². The summed E-state index contributed by atoms with van der Waals surface area (Å²) in [5.74, 6) is 1.16. The number of ether oxygens (including phenoxy) is 1. The lowest BCUT2D eigenvalue weighted by atomic mass is 10.2. The first-order valence-electron chi connectivity index (χ1n) is 10.8. The van der Waals surface area contributed by atoms with E-state index in [-0.39, 0.29) is 0 Å². The smallest absolute Gasteiger partial charge is 0.425 e. The molecule has 0 amide bonds. The lowest BCUT2D eigenvalue weighted by Gasteiger charge is -2.09. The number of hydrogen-bond acceptors (Lipinski definition) is 8. The van der Waals surface area contributed by atoms with E-state index in [1.54, 1.807) is 4.68 Å². The summed E-state index contributed by atoms with van der Waals surface area (Å²) in [6, 6.07) is 19.5. The van der Waals surface area contributed by atoms with Crippen molar-refractivity contribution in [3.8, 4) is 11.6 Å². The number of rotatable bonds is 7. The topological polar surface area (TPSA) is 116 Å². The summed E-state index contributed by atoms with van der Waals surface area (Å²) in [5.41, 5.74) is 3.06. The predicted molar refractivity (Wildman–Crippen MR) is 140 cm³/mol. The Bertz CT molecular complexity index is 1310. The van der Waals surface area contributed by atoms with Crippen molar-refractivity contribution in [3.63, 3.8) is 0 Å². The van der Waals surface area contributed by atoms with Gasteiger partial charge in [0.1, 0.15) is 23.8 Å². The van der Waals surface area contributed by atoms with Gasteiger partial charge in [0.15, 0.2) is 0 Å². The third-order valence-corrected chi connectivity index (χ3v) is 5.09. The first-order chi connectivity index (χ1) is 17.3. The number of benzene rings is 2. The largest absolute Gasteiger partial charge is 0.475 e. The molecular weight excluding hydrogens is 525 g/mol. The molecule has 0 fully saturated rings. The molecule has 2 aromatic carbocycles. The highest BCUT2D eigenvalue weighted by molar-refractivity contribution is 7.59.